The minimum Gasteiger partial charge on any atom is -0.376 e. The van der Waals surface area contributed by atoms with Crippen LogP contribution >= 0.6 is 0 Å². The van der Waals surface area contributed by atoms with Gasteiger partial charge in [-0.1, -0.05) is 96.6 Å². The van der Waals surface area contributed by atoms with Crippen LogP contribution in [-0.2, 0) is 5.60 Å². The molecule has 1 aliphatic rings. The Morgan fingerprint density at radius 1 is 0.704 bits per heavy atom. The molecule has 0 fully saturated rings. The Labute approximate surface area is 161 Å². The van der Waals surface area contributed by atoms with Crippen molar-refractivity contribution in [3.8, 4) is 0 Å². The third-order valence-electron chi connectivity index (χ3n) is 5.42. The fourth-order valence-electron chi connectivity index (χ4n) is 4.13. The standard InChI is InChI=1S/C26H24O/c1-19-17-20(2)24(18-19)23-15-9-10-16-25(23)26(27,21-11-5-3-6-12-21)22-13-7-4-8-14-22/h3-17,27H,18H2,1-2H3. The van der Waals surface area contributed by atoms with Crippen molar-refractivity contribution in [2.24, 2.45) is 0 Å². The number of hydrogen-bond acceptors (Lipinski definition) is 1. The summed E-state index contributed by atoms with van der Waals surface area (Å²) < 4.78 is 0. The van der Waals surface area contributed by atoms with Crippen molar-refractivity contribution in [1.82, 2.24) is 0 Å². The lowest BCUT2D eigenvalue weighted by atomic mass is 9.76. The number of hydrogen-bond donors (Lipinski definition) is 1. The molecule has 0 amide bonds. The highest BCUT2D eigenvalue weighted by Crippen LogP contribution is 2.43. The normalized spacial score (nSPS) is 14.4. The lowest BCUT2D eigenvalue weighted by Crippen LogP contribution is -2.30. The molecule has 0 atom stereocenters. The quantitative estimate of drug-likeness (QED) is 0.563. The Morgan fingerprint density at radius 3 is 1.74 bits per heavy atom. The zero-order chi connectivity index (χ0) is 18.9. The summed E-state index contributed by atoms with van der Waals surface area (Å²) >= 11 is 0. The van der Waals surface area contributed by atoms with Gasteiger partial charge in [-0.15, -0.1) is 0 Å². The smallest absolute Gasteiger partial charge is 0.141 e. The maximum Gasteiger partial charge on any atom is 0.141 e. The zero-order valence-corrected chi connectivity index (χ0v) is 15.8. The molecule has 3 aromatic carbocycles. The van der Waals surface area contributed by atoms with E-state index in [0.717, 1.165) is 28.7 Å². The van der Waals surface area contributed by atoms with Crippen LogP contribution in [0.5, 0.6) is 0 Å². The first kappa shape index (κ1) is 17.5. The van der Waals surface area contributed by atoms with Gasteiger partial charge in [0.1, 0.15) is 5.60 Å². The first-order valence-electron chi connectivity index (χ1n) is 9.41. The molecule has 0 aliphatic heterocycles. The van der Waals surface area contributed by atoms with Crippen LogP contribution in [0.15, 0.2) is 102 Å². The highest BCUT2D eigenvalue weighted by molar-refractivity contribution is 5.79. The second-order valence-corrected chi connectivity index (χ2v) is 7.32. The third kappa shape index (κ3) is 3.05. The van der Waals surface area contributed by atoms with Crippen LogP contribution in [0.3, 0.4) is 0 Å². The van der Waals surface area contributed by atoms with Gasteiger partial charge in [-0.25, -0.2) is 0 Å². The zero-order valence-electron chi connectivity index (χ0n) is 15.8. The first-order chi connectivity index (χ1) is 13.1. The molecule has 0 radical (unpaired) electrons. The molecule has 1 N–H and O–H groups in total. The van der Waals surface area contributed by atoms with Gasteiger partial charge in [-0.3, -0.25) is 0 Å². The molecule has 134 valence electrons. The monoisotopic (exact) mass is 352 g/mol. The van der Waals surface area contributed by atoms with Crippen molar-refractivity contribution in [3.63, 3.8) is 0 Å². The van der Waals surface area contributed by atoms with E-state index in [4.69, 9.17) is 0 Å². The van der Waals surface area contributed by atoms with E-state index in [1.165, 1.54) is 16.7 Å². The van der Waals surface area contributed by atoms with Crippen molar-refractivity contribution in [3.05, 3.63) is 124 Å². The lowest BCUT2D eigenvalue weighted by Gasteiger charge is -2.32. The Balaban J connectivity index is 1.98. The fourth-order valence-corrected chi connectivity index (χ4v) is 4.13. The van der Waals surface area contributed by atoms with E-state index in [1.807, 2.05) is 66.7 Å². The molecule has 0 bridgehead atoms. The molecular weight excluding hydrogens is 328 g/mol. The molecule has 27 heavy (non-hydrogen) atoms. The van der Waals surface area contributed by atoms with E-state index in [0.29, 0.717) is 0 Å². The van der Waals surface area contributed by atoms with Crippen molar-refractivity contribution in [2.45, 2.75) is 25.9 Å². The molecule has 0 unspecified atom stereocenters. The molecule has 0 saturated heterocycles. The molecule has 4 rings (SSSR count). The van der Waals surface area contributed by atoms with Crippen LogP contribution < -0.4 is 0 Å². The molecule has 1 aliphatic carbocycles. The summed E-state index contributed by atoms with van der Waals surface area (Å²) in [4.78, 5) is 0. The van der Waals surface area contributed by atoms with Crippen LogP contribution in [-0.4, -0.2) is 5.11 Å². The molecule has 0 spiro atoms. The first-order valence-corrected chi connectivity index (χ1v) is 9.41. The summed E-state index contributed by atoms with van der Waals surface area (Å²) in [5.74, 6) is 0. The van der Waals surface area contributed by atoms with E-state index in [1.54, 1.807) is 0 Å². The summed E-state index contributed by atoms with van der Waals surface area (Å²) in [5.41, 5.74) is 6.55. The van der Waals surface area contributed by atoms with Gasteiger partial charge in [-0.05, 0) is 48.1 Å². The Morgan fingerprint density at radius 2 is 1.22 bits per heavy atom. The predicted molar refractivity (Wildman–Crippen MR) is 112 cm³/mol. The van der Waals surface area contributed by atoms with Crippen molar-refractivity contribution < 1.29 is 5.11 Å². The highest BCUT2D eigenvalue weighted by atomic mass is 16.3. The van der Waals surface area contributed by atoms with Gasteiger partial charge < -0.3 is 5.11 Å². The van der Waals surface area contributed by atoms with E-state index in [-0.39, 0.29) is 0 Å². The van der Waals surface area contributed by atoms with Gasteiger partial charge in [0, 0.05) is 5.56 Å². The summed E-state index contributed by atoms with van der Waals surface area (Å²) in [5, 5.41) is 12.2. The predicted octanol–water partition coefficient (Wildman–Crippen LogP) is 6.09. The summed E-state index contributed by atoms with van der Waals surface area (Å²) in [6.07, 6.45) is 3.18. The summed E-state index contributed by atoms with van der Waals surface area (Å²) in [6, 6.07) is 28.2. The SMILES string of the molecule is CC1=CC(C)=C(c2ccccc2C(O)(c2ccccc2)c2ccccc2)C1. The summed E-state index contributed by atoms with van der Waals surface area (Å²) in [6.45, 7) is 4.33. The van der Waals surface area contributed by atoms with Gasteiger partial charge in [0.15, 0.2) is 0 Å². The number of aliphatic hydroxyl groups is 1. The highest BCUT2D eigenvalue weighted by Gasteiger charge is 2.36. The lowest BCUT2D eigenvalue weighted by molar-refractivity contribution is 0.125. The number of rotatable bonds is 4. The van der Waals surface area contributed by atoms with Crippen LogP contribution in [0.1, 0.15) is 42.5 Å². The molecule has 3 aromatic rings. The van der Waals surface area contributed by atoms with E-state index >= 15 is 0 Å². The molecule has 0 aromatic heterocycles. The van der Waals surface area contributed by atoms with Crippen molar-refractivity contribution >= 4 is 5.57 Å². The number of benzene rings is 3. The second kappa shape index (κ2) is 7.02. The average molecular weight is 352 g/mol. The number of allylic oxidation sites excluding steroid dienone is 4. The summed E-state index contributed by atoms with van der Waals surface area (Å²) in [7, 11) is 0. The molecule has 1 nitrogen and oxygen atoms in total. The molecule has 1 heteroatoms. The minimum atomic E-state index is -1.21. The maximum atomic E-state index is 12.2. The Bertz CT molecular complexity index is 971. The Kier molecular flexibility index (Phi) is 4.55. The van der Waals surface area contributed by atoms with Crippen molar-refractivity contribution in [1.29, 1.82) is 0 Å². The Hall–Kier alpha value is -2.90. The third-order valence-corrected chi connectivity index (χ3v) is 5.42. The van der Waals surface area contributed by atoms with E-state index in [9.17, 15) is 5.11 Å². The van der Waals surface area contributed by atoms with Crippen LogP contribution in [0.2, 0.25) is 0 Å². The molecule has 0 heterocycles. The van der Waals surface area contributed by atoms with Crippen molar-refractivity contribution in [2.75, 3.05) is 0 Å². The van der Waals surface area contributed by atoms with Crippen LogP contribution in [0.25, 0.3) is 5.57 Å². The topological polar surface area (TPSA) is 20.2 Å². The van der Waals surface area contributed by atoms with Crippen LogP contribution in [0, 0.1) is 0 Å². The fraction of sp³-hybridized carbons (Fsp3) is 0.154. The van der Waals surface area contributed by atoms with Gasteiger partial charge in [-0.2, -0.15) is 0 Å². The van der Waals surface area contributed by atoms with Gasteiger partial charge in [0.2, 0.25) is 0 Å². The van der Waals surface area contributed by atoms with E-state index in [2.05, 4.69) is 38.1 Å². The van der Waals surface area contributed by atoms with E-state index < -0.39 is 5.60 Å². The second-order valence-electron chi connectivity index (χ2n) is 7.32. The molecule has 0 saturated carbocycles. The van der Waals surface area contributed by atoms with Gasteiger partial charge in [0.25, 0.3) is 0 Å². The van der Waals surface area contributed by atoms with Crippen LogP contribution in [0.4, 0.5) is 0 Å². The van der Waals surface area contributed by atoms with Gasteiger partial charge in [0.05, 0.1) is 0 Å². The van der Waals surface area contributed by atoms with Gasteiger partial charge >= 0.3 is 0 Å². The maximum absolute atomic E-state index is 12.2. The molecular formula is C26H24O. The minimum absolute atomic E-state index is 0.879. The average Bonchev–Trinajstić information content (AvgIpc) is 3.06. The largest absolute Gasteiger partial charge is 0.376 e.